The summed E-state index contributed by atoms with van der Waals surface area (Å²) in [7, 11) is 0. The van der Waals surface area contributed by atoms with Crippen LogP contribution in [0.4, 0.5) is 5.69 Å². The molecule has 6 nitrogen and oxygen atoms in total. The van der Waals surface area contributed by atoms with E-state index in [0.717, 1.165) is 48.7 Å². The maximum atomic E-state index is 13.4. The van der Waals surface area contributed by atoms with Gasteiger partial charge < -0.3 is 5.32 Å². The summed E-state index contributed by atoms with van der Waals surface area (Å²) >= 11 is 0. The van der Waals surface area contributed by atoms with Crippen molar-refractivity contribution in [1.29, 1.82) is 0 Å². The largest absolute Gasteiger partial charge is 0.314 e. The lowest BCUT2D eigenvalue weighted by Gasteiger charge is -2.30. The number of fused-ring (bicyclic) bond motifs is 3. The fourth-order valence-electron chi connectivity index (χ4n) is 3.98. The summed E-state index contributed by atoms with van der Waals surface area (Å²) in [5.74, 6) is 0.516. The molecular formula is C22H21N5O. The number of piperazine rings is 1. The lowest BCUT2D eigenvalue weighted by atomic mass is 10.0. The quantitative estimate of drug-likeness (QED) is 0.879. The Balaban J connectivity index is 1.64. The minimum absolute atomic E-state index is 0.0324. The summed E-state index contributed by atoms with van der Waals surface area (Å²) < 4.78 is 0. The van der Waals surface area contributed by atoms with Crippen LogP contribution in [0, 0.1) is 0 Å². The van der Waals surface area contributed by atoms with Gasteiger partial charge in [-0.1, -0.05) is 55.1 Å². The van der Waals surface area contributed by atoms with Crippen LogP contribution in [0.5, 0.6) is 0 Å². The topological polar surface area (TPSA) is 60.3 Å². The van der Waals surface area contributed by atoms with Crippen LogP contribution in [-0.4, -0.2) is 54.7 Å². The summed E-state index contributed by atoms with van der Waals surface area (Å²) in [6.07, 6.45) is -0.504. The number of anilines is 1. The number of amidine groups is 1. The van der Waals surface area contributed by atoms with Gasteiger partial charge in [-0.2, -0.15) is 0 Å². The minimum Gasteiger partial charge on any atom is -0.314 e. The second-order valence-corrected chi connectivity index (χ2v) is 7.08. The van der Waals surface area contributed by atoms with Gasteiger partial charge in [0.15, 0.2) is 12.0 Å². The maximum Gasteiger partial charge on any atom is 0.272 e. The number of rotatable bonds is 2. The van der Waals surface area contributed by atoms with E-state index >= 15 is 0 Å². The van der Waals surface area contributed by atoms with Crippen molar-refractivity contribution < 1.29 is 4.79 Å². The molecule has 3 aliphatic heterocycles. The Morgan fingerprint density at radius 3 is 2.50 bits per heavy atom. The number of benzene rings is 2. The lowest BCUT2D eigenvalue weighted by Crippen LogP contribution is -2.51. The third kappa shape index (κ3) is 2.69. The third-order valence-corrected chi connectivity index (χ3v) is 5.35. The van der Waals surface area contributed by atoms with Gasteiger partial charge in [0.1, 0.15) is 0 Å². The number of hydrogen-bond donors (Lipinski definition) is 1. The van der Waals surface area contributed by atoms with E-state index in [-0.39, 0.29) is 5.91 Å². The van der Waals surface area contributed by atoms with E-state index in [4.69, 9.17) is 9.98 Å². The highest BCUT2D eigenvalue weighted by Crippen LogP contribution is 2.33. The molecule has 0 bridgehead atoms. The molecule has 0 aliphatic carbocycles. The highest BCUT2D eigenvalue weighted by atomic mass is 16.2. The van der Waals surface area contributed by atoms with Crippen molar-refractivity contribution in [3.8, 4) is 0 Å². The minimum atomic E-state index is -0.504. The van der Waals surface area contributed by atoms with Gasteiger partial charge in [-0.3, -0.25) is 14.6 Å². The molecule has 1 atom stereocenters. The molecule has 1 saturated heterocycles. The zero-order valence-corrected chi connectivity index (χ0v) is 15.5. The zero-order chi connectivity index (χ0) is 19.1. The molecule has 3 aliphatic rings. The Hall–Kier alpha value is -3.09. The molecule has 3 heterocycles. The van der Waals surface area contributed by atoms with Crippen LogP contribution in [0.2, 0.25) is 0 Å². The Labute approximate surface area is 163 Å². The Kier molecular flexibility index (Phi) is 4.15. The van der Waals surface area contributed by atoms with Gasteiger partial charge >= 0.3 is 0 Å². The molecular weight excluding hydrogens is 350 g/mol. The van der Waals surface area contributed by atoms with E-state index in [0.29, 0.717) is 11.5 Å². The number of nitrogens with zero attached hydrogens (tertiary/aromatic N) is 4. The molecule has 1 amide bonds. The molecule has 2 aromatic carbocycles. The highest BCUT2D eigenvalue weighted by molar-refractivity contribution is 6.33. The summed E-state index contributed by atoms with van der Waals surface area (Å²) in [6.45, 7) is 7.47. The smallest absolute Gasteiger partial charge is 0.272 e. The van der Waals surface area contributed by atoms with Crippen molar-refractivity contribution >= 4 is 23.1 Å². The van der Waals surface area contributed by atoms with Gasteiger partial charge in [0.25, 0.3) is 5.91 Å². The number of nitrogens with one attached hydrogen (secondary N) is 1. The number of amides is 1. The molecule has 1 N–H and O–H groups in total. The van der Waals surface area contributed by atoms with Crippen LogP contribution in [0.3, 0.4) is 0 Å². The molecule has 0 radical (unpaired) electrons. The summed E-state index contributed by atoms with van der Waals surface area (Å²) in [4.78, 5) is 26.8. The van der Waals surface area contributed by atoms with Crippen LogP contribution in [0.25, 0.3) is 0 Å². The normalized spacial score (nSPS) is 22.3. The second kappa shape index (κ2) is 6.82. The molecule has 0 saturated carbocycles. The van der Waals surface area contributed by atoms with Crippen LogP contribution >= 0.6 is 0 Å². The SMILES string of the molecule is C=C1N=C(c2ccccc2)c2ccccc2N2C(=O)C(N3CCNCC3)N=C12. The predicted molar refractivity (Wildman–Crippen MR) is 111 cm³/mol. The second-order valence-electron chi connectivity index (χ2n) is 7.08. The van der Waals surface area contributed by atoms with Gasteiger partial charge in [0.05, 0.1) is 17.1 Å². The standard InChI is InChI=1S/C22H21N5O/c1-15-20-25-21(26-13-11-23-12-14-26)22(28)27(20)18-10-6-5-9-17(18)19(24-15)16-7-3-2-4-8-16/h2-10,21,23H,1,11-14H2. The first-order valence-electron chi connectivity index (χ1n) is 9.53. The number of carbonyl (C=O) groups is 1. The Morgan fingerprint density at radius 1 is 1.00 bits per heavy atom. The first-order chi connectivity index (χ1) is 13.7. The molecule has 0 spiro atoms. The molecule has 5 rings (SSSR count). The Bertz CT molecular complexity index is 1000. The van der Waals surface area contributed by atoms with Crippen molar-refractivity contribution in [3.05, 3.63) is 78.0 Å². The molecule has 140 valence electrons. The average molecular weight is 371 g/mol. The number of carbonyl (C=O) groups excluding carboxylic acids is 1. The van der Waals surface area contributed by atoms with Crippen LogP contribution < -0.4 is 10.2 Å². The van der Waals surface area contributed by atoms with E-state index in [1.807, 2.05) is 54.6 Å². The van der Waals surface area contributed by atoms with E-state index < -0.39 is 6.17 Å². The monoisotopic (exact) mass is 371 g/mol. The van der Waals surface area contributed by atoms with Crippen molar-refractivity contribution in [2.45, 2.75) is 6.17 Å². The van der Waals surface area contributed by atoms with Gasteiger partial charge in [0.2, 0.25) is 0 Å². The number of hydrogen-bond acceptors (Lipinski definition) is 5. The van der Waals surface area contributed by atoms with E-state index in [1.54, 1.807) is 4.90 Å². The van der Waals surface area contributed by atoms with Crippen molar-refractivity contribution in [3.63, 3.8) is 0 Å². The predicted octanol–water partition coefficient (Wildman–Crippen LogP) is 2.03. The summed E-state index contributed by atoms with van der Waals surface area (Å²) in [5.41, 5.74) is 4.04. The Morgan fingerprint density at radius 2 is 1.71 bits per heavy atom. The average Bonchev–Trinajstić information content (AvgIpc) is 3.04. The van der Waals surface area contributed by atoms with Gasteiger partial charge in [0, 0.05) is 37.3 Å². The van der Waals surface area contributed by atoms with E-state index in [1.165, 1.54) is 0 Å². The summed E-state index contributed by atoms with van der Waals surface area (Å²) in [6, 6.07) is 17.9. The fraction of sp³-hybridized carbons (Fsp3) is 0.227. The lowest BCUT2D eigenvalue weighted by molar-refractivity contribution is -0.122. The summed E-state index contributed by atoms with van der Waals surface area (Å²) in [5, 5.41) is 3.32. The number of para-hydroxylation sites is 1. The molecule has 0 aromatic heterocycles. The van der Waals surface area contributed by atoms with E-state index in [9.17, 15) is 4.79 Å². The zero-order valence-electron chi connectivity index (χ0n) is 15.5. The molecule has 6 heteroatoms. The van der Waals surface area contributed by atoms with Crippen molar-refractivity contribution in [1.82, 2.24) is 10.2 Å². The maximum absolute atomic E-state index is 13.4. The van der Waals surface area contributed by atoms with Crippen LogP contribution in [-0.2, 0) is 4.79 Å². The van der Waals surface area contributed by atoms with Gasteiger partial charge in [-0.15, -0.1) is 0 Å². The molecule has 1 fully saturated rings. The first kappa shape index (κ1) is 17.0. The van der Waals surface area contributed by atoms with Crippen molar-refractivity contribution in [2.24, 2.45) is 9.98 Å². The van der Waals surface area contributed by atoms with Gasteiger partial charge in [-0.05, 0) is 6.07 Å². The van der Waals surface area contributed by atoms with E-state index in [2.05, 4.69) is 16.8 Å². The van der Waals surface area contributed by atoms with Crippen molar-refractivity contribution in [2.75, 3.05) is 31.1 Å². The third-order valence-electron chi connectivity index (χ3n) is 5.35. The highest BCUT2D eigenvalue weighted by Gasteiger charge is 2.42. The number of aliphatic imine (C=N–C) groups is 2. The van der Waals surface area contributed by atoms with Crippen LogP contribution in [0.1, 0.15) is 11.1 Å². The van der Waals surface area contributed by atoms with Crippen LogP contribution in [0.15, 0.2) is 76.9 Å². The molecule has 2 aromatic rings. The fourth-order valence-corrected chi connectivity index (χ4v) is 3.98. The molecule has 1 unspecified atom stereocenters. The first-order valence-corrected chi connectivity index (χ1v) is 9.53. The van der Waals surface area contributed by atoms with Gasteiger partial charge in [-0.25, -0.2) is 9.98 Å². The molecule has 28 heavy (non-hydrogen) atoms.